The van der Waals surface area contributed by atoms with Gasteiger partial charge in [-0.15, -0.1) is 0 Å². The van der Waals surface area contributed by atoms with E-state index in [0.717, 1.165) is 24.6 Å². The highest BCUT2D eigenvalue weighted by Crippen LogP contribution is 2.24. The van der Waals surface area contributed by atoms with E-state index in [2.05, 4.69) is 12.2 Å². The third-order valence-corrected chi connectivity index (χ3v) is 4.00. The quantitative estimate of drug-likeness (QED) is 0.880. The van der Waals surface area contributed by atoms with Gasteiger partial charge in [0.2, 0.25) is 0 Å². The van der Waals surface area contributed by atoms with E-state index in [9.17, 15) is 13.9 Å². The van der Waals surface area contributed by atoms with Gasteiger partial charge < -0.3 is 10.4 Å². The van der Waals surface area contributed by atoms with Crippen LogP contribution >= 0.6 is 0 Å². The molecule has 0 heterocycles. The van der Waals surface area contributed by atoms with Crippen molar-refractivity contribution in [1.82, 2.24) is 5.32 Å². The zero-order valence-corrected chi connectivity index (χ0v) is 11.2. The number of hydrogen-bond donors (Lipinski definition) is 2. The maximum absolute atomic E-state index is 13.5. The summed E-state index contributed by atoms with van der Waals surface area (Å²) >= 11 is 0. The Bertz CT molecular complexity index is 425. The predicted octanol–water partition coefficient (Wildman–Crippen LogP) is 3.17. The Morgan fingerprint density at radius 2 is 2.05 bits per heavy atom. The van der Waals surface area contributed by atoms with Gasteiger partial charge in [0, 0.05) is 18.2 Å². The highest BCUT2D eigenvalue weighted by atomic mass is 19.1. The van der Waals surface area contributed by atoms with Gasteiger partial charge in [0.15, 0.2) is 0 Å². The Morgan fingerprint density at radius 1 is 1.32 bits per heavy atom. The standard InChI is InChI=1S/C15H21F2NO/c1-10-4-2-3-5-14(10)18-9-15(19)12-8-11(16)6-7-13(12)17/h6-8,10,14-15,18-19H,2-5,9H2,1H3. The molecule has 3 atom stereocenters. The Kier molecular flexibility index (Phi) is 4.88. The molecule has 0 spiro atoms. The molecule has 19 heavy (non-hydrogen) atoms. The number of hydrogen-bond acceptors (Lipinski definition) is 2. The minimum absolute atomic E-state index is 0.0240. The van der Waals surface area contributed by atoms with Crippen molar-refractivity contribution in [2.24, 2.45) is 5.92 Å². The molecule has 1 fully saturated rings. The van der Waals surface area contributed by atoms with Crippen molar-refractivity contribution in [3.8, 4) is 0 Å². The lowest BCUT2D eigenvalue weighted by Gasteiger charge is -2.30. The van der Waals surface area contributed by atoms with Gasteiger partial charge in [0.25, 0.3) is 0 Å². The van der Waals surface area contributed by atoms with Crippen molar-refractivity contribution in [2.45, 2.75) is 44.8 Å². The molecule has 2 N–H and O–H groups in total. The highest BCUT2D eigenvalue weighted by Gasteiger charge is 2.22. The van der Waals surface area contributed by atoms with Crippen molar-refractivity contribution in [1.29, 1.82) is 0 Å². The number of halogens is 2. The topological polar surface area (TPSA) is 32.3 Å². The Labute approximate surface area is 112 Å². The summed E-state index contributed by atoms with van der Waals surface area (Å²) in [4.78, 5) is 0. The van der Waals surface area contributed by atoms with E-state index in [-0.39, 0.29) is 12.1 Å². The number of benzene rings is 1. The molecule has 1 aromatic rings. The van der Waals surface area contributed by atoms with E-state index in [1.165, 1.54) is 19.3 Å². The van der Waals surface area contributed by atoms with E-state index in [0.29, 0.717) is 12.0 Å². The first-order valence-electron chi connectivity index (χ1n) is 6.94. The second kappa shape index (κ2) is 6.44. The maximum atomic E-state index is 13.5. The minimum Gasteiger partial charge on any atom is -0.387 e. The highest BCUT2D eigenvalue weighted by molar-refractivity contribution is 5.21. The summed E-state index contributed by atoms with van der Waals surface area (Å²) in [5.41, 5.74) is 0.0240. The van der Waals surface area contributed by atoms with E-state index in [4.69, 9.17) is 0 Å². The van der Waals surface area contributed by atoms with Crippen molar-refractivity contribution in [3.05, 3.63) is 35.4 Å². The second-order valence-corrected chi connectivity index (χ2v) is 5.46. The van der Waals surface area contributed by atoms with Crippen molar-refractivity contribution in [3.63, 3.8) is 0 Å². The SMILES string of the molecule is CC1CCCCC1NCC(O)c1cc(F)ccc1F. The Morgan fingerprint density at radius 3 is 2.79 bits per heavy atom. The van der Waals surface area contributed by atoms with Crippen LogP contribution in [0.1, 0.15) is 44.3 Å². The van der Waals surface area contributed by atoms with Gasteiger partial charge in [-0.05, 0) is 37.0 Å². The molecule has 0 aliphatic heterocycles. The average molecular weight is 269 g/mol. The van der Waals surface area contributed by atoms with Crippen LogP contribution in [0.25, 0.3) is 0 Å². The van der Waals surface area contributed by atoms with Crippen LogP contribution in [-0.4, -0.2) is 17.7 Å². The summed E-state index contributed by atoms with van der Waals surface area (Å²) in [5.74, 6) is -0.521. The minimum atomic E-state index is -1.01. The van der Waals surface area contributed by atoms with Gasteiger partial charge in [0.1, 0.15) is 11.6 Å². The molecule has 1 aliphatic rings. The van der Waals surface area contributed by atoms with E-state index in [1.54, 1.807) is 0 Å². The first-order valence-corrected chi connectivity index (χ1v) is 6.94. The first-order chi connectivity index (χ1) is 9.08. The largest absolute Gasteiger partial charge is 0.387 e. The maximum Gasteiger partial charge on any atom is 0.129 e. The molecule has 2 rings (SSSR count). The molecule has 1 saturated carbocycles. The predicted molar refractivity (Wildman–Crippen MR) is 70.7 cm³/mol. The lowest BCUT2D eigenvalue weighted by atomic mass is 9.86. The van der Waals surface area contributed by atoms with Crippen LogP contribution in [0, 0.1) is 17.6 Å². The van der Waals surface area contributed by atoms with Crippen LogP contribution in [0.2, 0.25) is 0 Å². The molecule has 1 aliphatic carbocycles. The molecule has 106 valence electrons. The van der Waals surface area contributed by atoms with E-state index in [1.807, 2.05) is 0 Å². The van der Waals surface area contributed by atoms with Crippen LogP contribution < -0.4 is 5.32 Å². The summed E-state index contributed by atoms with van der Waals surface area (Å²) in [7, 11) is 0. The van der Waals surface area contributed by atoms with Crippen LogP contribution in [-0.2, 0) is 0 Å². The first kappa shape index (κ1) is 14.4. The van der Waals surface area contributed by atoms with Gasteiger partial charge in [-0.2, -0.15) is 0 Å². The zero-order valence-electron chi connectivity index (χ0n) is 11.2. The number of nitrogens with one attached hydrogen (secondary N) is 1. The molecule has 1 aromatic carbocycles. The van der Waals surface area contributed by atoms with Crippen LogP contribution in [0.15, 0.2) is 18.2 Å². The molecule has 0 aromatic heterocycles. The summed E-state index contributed by atoms with van der Waals surface area (Å²) in [6, 6.07) is 3.53. The zero-order chi connectivity index (χ0) is 13.8. The third kappa shape index (κ3) is 3.74. The Hall–Kier alpha value is -1.00. The molecule has 0 radical (unpaired) electrons. The molecular weight excluding hydrogens is 248 g/mol. The molecule has 0 saturated heterocycles. The van der Waals surface area contributed by atoms with Crippen molar-refractivity contribution >= 4 is 0 Å². The van der Waals surface area contributed by atoms with Gasteiger partial charge in [-0.3, -0.25) is 0 Å². The van der Waals surface area contributed by atoms with Gasteiger partial charge in [-0.1, -0.05) is 19.8 Å². The van der Waals surface area contributed by atoms with Gasteiger partial charge in [-0.25, -0.2) is 8.78 Å². The van der Waals surface area contributed by atoms with Gasteiger partial charge in [0.05, 0.1) is 6.10 Å². The smallest absolute Gasteiger partial charge is 0.129 e. The summed E-state index contributed by atoms with van der Waals surface area (Å²) < 4.78 is 26.6. The molecule has 4 heteroatoms. The fourth-order valence-electron chi connectivity index (χ4n) is 2.76. The van der Waals surface area contributed by atoms with Crippen LogP contribution in [0.4, 0.5) is 8.78 Å². The fourth-order valence-corrected chi connectivity index (χ4v) is 2.76. The van der Waals surface area contributed by atoms with Crippen molar-refractivity contribution < 1.29 is 13.9 Å². The lowest BCUT2D eigenvalue weighted by molar-refractivity contribution is 0.153. The monoisotopic (exact) mass is 269 g/mol. The third-order valence-electron chi connectivity index (χ3n) is 4.00. The molecule has 0 amide bonds. The number of rotatable bonds is 4. The average Bonchev–Trinajstić information content (AvgIpc) is 2.40. The second-order valence-electron chi connectivity index (χ2n) is 5.46. The van der Waals surface area contributed by atoms with Gasteiger partial charge >= 0.3 is 0 Å². The summed E-state index contributed by atoms with van der Waals surface area (Å²) in [6.07, 6.45) is 3.69. The normalized spacial score (nSPS) is 25.3. The molecule has 3 unspecified atom stereocenters. The molecular formula is C15H21F2NO. The van der Waals surface area contributed by atoms with E-state index < -0.39 is 17.7 Å². The number of aliphatic hydroxyl groups is 1. The molecule has 0 bridgehead atoms. The van der Waals surface area contributed by atoms with E-state index >= 15 is 0 Å². The summed E-state index contributed by atoms with van der Waals surface area (Å²) in [5, 5.41) is 13.3. The van der Waals surface area contributed by atoms with Crippen LogP contribution in [0.5, 0.6) is 0 Å². The lowest BCUT2D eigenvalue weighted by Crippen LogP contribution is -2.39. The van der Waals surface area contributed by atoms with Crippen LogP contribution in [0.3, 0.4) is 0 Å². The molecule has 2 nitrogen and oxygen atoms in total. The van der Waals surface area contributed by atoms with Crippen molar-refractivity contribution in [2.75, 3.05) is 6.54 Å². The summed E-state index contributed by atoms with van der Waals surface area (Å²) in [6.45, 7) is 2.45. The fraction of sp³-hybridized carbons (Fsp3) is 0.600. The Balaban J connectivity index is 1.93. The number of aliphatic hydroxyl groups excluding tert-OH is 1.